The van der Waals surface area contributed by atoms with Crippen LogP contribution in [-0.4, -0.2) is 27.5 Å². The molecule has 1 aromatic heterocycles. The van der Waals surface area contributed by atoms with Crippen molar-refractivity contribution in [1.82, 2.24) is 10.3 Å². The van der Waals surface area contributed by atoms with Crippen LogP contribution in [0, 0.1) is 5.82 Å². The average molecular weight is 336 g/mol. The summed E-state index contributed by atoms with van der Waals surface area (Å²) in [6, 6.07) is 5.89. The Hall–Kier alpha value is -2.28. The molecule has 1 heterocycles. The zero-order valence-electron chi connectivity index (χ0n) is 12.8. The van der Waals surface area contributed by atoms with E-state index in [-0.39, 0.29) is 23.8 Å². The van der Waals surface area contributed by atoms with Gasteiger partial charge in [0.25, 0.3) is 5.91 Å². The number of aliphatic carboxylic acids is 1. The summed E-state index contributed by atoms with van der Waals surface area (Å²) in [6.45, 7) is 3.53. The summed E-state index contributed by atoms with van der Waals surface area (Å²) in [5, 5.41) is 13.8. The molecule has 0 spiro atoms. The number of carboxylic acids is 1. The van der Waals surface area contributed by atoms with Gasteiger partial charge in [-0.15, -0.1) is 11.3 Å². The molecule has 1 amide bonds. The number of nitrogens with one attached hydrogen (secondary N) is 1. The maximum Gasteiger partial charge on any atom is 0.303 e. The molecule has 7 heteroatoms. The molecule has 1 aromatic carbocycles. The molecule has 5 nitrogen and oxygen atoms in total. The topological polar surface area (TPSA) is 79.3 Å². The van der Waals surface area contributed by atoms with Crippen LogP contribution in [-0.2, 0) is 4.79 Å². The maximum atomic E-state index is 12.9. The first-order valence-electron chi connectivity index (χ1n) is 7.03. The van der Waals surface area contributed by atoms with E-state index in [1.807, 2.05) is 0 Å². The van der Waals surface area contributed by atoms with Gasteiger partial charge in [0.2, 0.25) is 0 Å². The van der Waals surface area contributed by atoms with Gasteiger partial charge in [0.15, 0.2) is 0 Å². The molecule has 122 valence electrons. The van der Waals surface area contributed by atoms with E-state index in [4.69, 9.17) is 5.11 Å². The van der Waals surface area contributed by atoms with E-state index < -0.39 is 11.5 Å². The second kappa shape index (κ2) is 6.87. The van der Waals surface area contributed by atoms with Crippen LogP contribution >= 0.6 is 11.3 Å². The zero-order valence-corrected chi connectivity index (χ0v) is 13.6. The molecule has 0 radical (unpaired) electrons. The first-order valence-corrected chi connectivity index (χ1v) is 7.90. The Balaban J connectivity index is 2.06. The molecule has 0 aliphatic carbocycles. The van der Waals surface area contributed by atoms with Gasteiger partial charge >= 0.3 is 5.97 Å². The normalized spacial score (nSPS) is 11.3. The zero-order chi connectivity index (χ0) is 17.0. The number of benzene rings is 1. The smallest absolute Gasteiger partial charge is 0.303 e. The van der Waals surface area contributed by atoms with Crippen LogP contribution < -0.4 is 5.32 Å². The fourth-order valence-electron chi connectivity index (χ4n) is 1.96. The van der Waals surface area contributed by atoms with E-state index in [9.17, 15) is 14.0 Å². The molecule has 0 fully saturated rings. The van der Waals surface area contributed by atoms with Gasteiger partial charge in [0.1, 0.15) is 16.5 Å². The molecule has 2 rings (SSSR count). The fraction of sp³-hybridized carbons (Fsp3) is 0.312. The molecule has 2 aromatic rings. The van der Waals surface area contributed by atoms with Gasteiger partial charge in [-0.2, -0.15) is 0 Å². The van der Waals surface area contributed by atoms with Crippen molar-refractivity contribution in [2.75, 3.05) is 0 Å². The van der Waals surface area contributed by atoms with Crippen molar-refractivity contribution in [2.45, 2.75) is 32.2 Å². The van der Waals surface area contributed by atoms with Crippen LogP contribution in [0.3, 0.4) is 0 Å². The highest BCUT2D eigenvalue weighted by Gasteiger charge is 2.23. The number of amides is 1. The number of carbonyl (C=O) groups excluding carboxylic acids is 1. The highest BCUT2D eigenvalue weighted by atomic mass is 32.1. The molecule has 2 N–H and O–H groups in total. The third-order valence-electron chi connectivity index (χ3n) is 3.24. The lowest BCUT2D eigenvalue weighted by Crippen LogP contribution is -2.43. The van der Waals surface area contributed by atoms with Crippen LogP contribution in [0.5, 0.6) is 0 Å². The lowest BCUT2D eigenvalue weighted by atomic mass is 9.98. The first-order chi connectivity index (χ1) is 10.8. The third-order valence-corrected chi connectivity index (χ3v) is 4.14. The van der Waals surface area contributed by atoms with Crippen LogP contribution in [0.2, 0.25) is 0 Å². The first kappa shape index (κ1) is 17.1. The number of rotatable bonds is 6. The van der Waals surface area contributed by atoms with Crippen molar-refractivity contribution in [3.8, 4) is 10.6 Å². The van der Waals surface area contributed by atoms with E-state index >= 15 is 0 Å². The standard InChI is InChI=1S/C16H17FN2O3S/c1-16(2,8-7-13(20)21)19-14(22)12-9-23-15(18-12)10-3-5-11(17)6-4-10/h3-6,9H,7-8H2,1-2H3,(H,19,22)(H,20,21). The summed E-state index contributed by atoms with van der Waals surface area (Å²) < 4.78 is 12.9. The molecule has 0 saturated carbocycles. The molecular formula is C16H17FN2O3S. The molecule has 0 saturated heterocycles. The number of hydrogen-bond donors (Lipinski definition) is 2. The second-order valence-corrected chi connectivity index (χ2v) is 6.63. The van der Waals surface area contributed by atoms with E-state index in [1.54, 1.807) is 31.4 Å². The van der Waals surface area contributed by atoms with Crippen molar-refractivity contribution in [3.63, 3.8) is 0 Å². The second-order valence-electron chi connectivity index (χ2n) is 5.78. The molecule has 23 heavy (non-hydrogen) atoms. The Bertz CT molecular complexity index is 710. The number of thiazole rings is 1. The third kappa shape index (κ3) is 4.85. The molecule has 0 unspecified atom stereocenters. The Morgan fingerprint density at radius 3 is 2.57 bits per heavy atom. The summed E-state index contributed by atoms with van der Waals surface area (Å²) in [5.74, 6) is -1.59. The lowest BCUT2D eigenvalue weighted by molar-refractivity contribution is -0.137. The molecular weight excluding hydrogens is 319 g/mol. The molecule has 0 bridgehead atoms. The van der Waals surface area contributed by atoms with Crippen LogP contribution in [0.15, 0.2) is 29.6 Å². The van der Waals surface area contributed by atoms with E-state index in [0.29, 0.717) is 11.4 Å². The minimum absolute atomic E-state index is 0.0226. The summed E-state index contributed by atoms with van der Waals surface area (Å²) in [4.78, 5) is 27.1. The largest absolute Gasteiger partial charge is 0.481 e. The van der Waals surface area contributed by atoms with Crippen LogP contribution in [0.25, 0.3) is 10.6 Å². The fourth-order valence-corrected chi connectivity index (χ4v) is 2.76. The van der Waals surface area contributed by atoms with Gasteiger partial charge in [-0.05, 0) is 44.5 Å². The summed E-state index contributed by atoms with van der Waals surface area (Å²) in [5.41, 5.74) is 0.355. The van der Waals surface area contributed by atoms with Crippen LogP contribution in [0.1, 0.15) is 37.2 Å². The Morgan fingerprint density at radius 2 is 1.96 bits per heavy atom. The maximum absolute atomic E-state index is 12.9. The van der Waals surface area contributed by atoms with Crippen molar-refractivity contribution in [1.29, 1.82) is 0 Å². The van der Waals surface area contributed by atoms with E-state index in [1.165, 1.54) is 23.5 Å². The number of halogens is 1. The molecule has 0 atom stereocenters. The van der Waals surface area contributed by atoms with Gasteiger partial charge < -0.3 is 10.4 Å². The Kier molecular flexibility index (Phi) is 5.10. The number of aromatic nitrogens is 1. The number of carbonyl (C=O) groups is 2. The number of carboxylic acid groups (broad SMARTS) is 1. The number of nitrogens with zero attached hydrogens (tertiary/aromatic N) is 1. The minimum Gasteiger partial charge on any atom is -0.481 e. The summed E-state index contributed by atoms with van der Waals surface area (Å²) in [7, 11) is 0. The average Bonchev–Trinajstić information content (AvgIpc) is 2.95. The monoisotopic (exact) mass is 336 g/mol. The van der Waals surface area contributed by atoms with Crippen molar-refractivity contribution in [3.05, 3.63) is 41.2 Å². The van der Waals surface area contributed by atoms with Gasteiger partial charge in [0.05, 0.1) is 0 Å². The minimum atomic E-state index is -0.903. The highest BCUT2D eigenvalue weighted by Crippen LogP contribution is 2.24. The van der Waals surface area contributed by atoms with Crippen molar-refractivity contribution < 1.29 is 19.1 Å². The van der Waals surface area contributed by atoms with E-state index in [0.717, 1.165) is 5.56 Å². The Labute approximate surface area is 137 Å². The molecule has 0 aliphatic rings. The summed E-state index contributed by atoms with van der Waals surface area (Å²) in [6.07, 6.45) is 0.300. The highest BCUT2D eigenvalue weighted by molar-refractivity contribution is 7.13. The quantitative estimate of drug-likeness (QED) is 0.848. The number of hydrogen-bond acceptors (Lipinski definition) is 4. The lowest BCUT2D eigenvalue weighted by Gasteiger charge is -2.25. The van der Waals surface area contributed by atoms with E-state index in [2.05, 4.69) is 10.3 Å². The van der Waals surface area contributed by atoms with Gasteiger partial charge in [-0.3, -0.25) is 9.59 Å². The van der Waals surface area contributed by atoms with Gasteiger partial charge in [-0.1, -0.05) is 0 Å². The predicted octanol–water partition coefficient (Wildman–Crippen LogP) is 3.32. The predicted molar refractivity (Wildman–Crippen MR) is 85.9 cm³/mol. The summed E-state index contributed by atoms with van der Waals surface area (Å²) >= 11 is 1.29. The van der Waals surface area contributed by atoms with Crippen molar-refractivity contribution in [2.24, 2.45) is 0 Å². The SMILES string of the molecule is CC(C)(CCC(=O)O)NC(=O)c1csc(-c2ccc(F)cc2)n1. The Morgan fingerprint density at radius 1 is 1.30 bits per heavy atom. The van der Waals surface area contributed by atoms with Gasteiger partial charge in [-0.25, -0.2) is 9.37 Å². The van der Waals surface area contributed by atoms with Crippen LogP contribution in [0.4, 0.5) is 4.39 Å². The molecule has 0 aliphatic heterocycles. The van der Waals surface area contributed by atoms with Crippen molar-refractivity contribution >= 4 is 23.2 Å². The van der Waals surface area contributed by atoms with Gasteiger partial charge in [0, 0.05) is 22.9 Å².